The van der Waals surface area contributed by atoms with Gasteiger partial charge in [0.25, 0.3) is 0 Å². The SMILES string of the molecule is CCCCC/C=C\CCCCCCCCCCCCCCCOP(=O)(O)C(CC)[N+](C)(C)C. The standard InChI is InChI=1S/C28H58NO3P/c1-6-8-9-10-11-12-13-14-15-16-17-18-19-20-21-22-23-24-25-26-27-32-33(30,31)28(7-2)29(3,4)5/h11-12,28H,6-10,13-27H2,1-5H3/p+1/b12-11-. The zero-order chi connectivity index (χ0) is 24.8. The molecule has 0 spiro atoms. The molecule has 0 bridgehead atoms. The smallest absolute Gasteiger partial charge is 0.320 e. The van der Waals surface area contributed by atoms with Gasteiger partial charge >= 0.3 is 7.60 Å². The van der Waals surface area contributed by atoms with Gasteiger partial charge < -0.3 is 13.9 Å². The molecule has 0 radical (unpaired) electrons. The van der Waals surface area contributed by atoms with Crippen LogP contribution in [0.15, 0.2) is 12.2 Å². The molecule has 4 nitrogen and oxygen atoms in total. The molecule has 0 saturated carbocycles. The molecule has 0 aromatic carbocycles. The van der Waals surface area contributed by atoms with E-state index in [1.54, 1.807) is 0 Å². The second kappa shape index (κ2) is 21.2. The van der Waals surface area contributed by atoms with Crippen LogP contribution in [0.2, 0.25) is 0 Å². The van der Waals surface area contributed by atoms with Gasteiger partial charge in [0.2, 0.25) is 0 Å². The average molecular weight is 489 g/mol. The molecule has 0 saturated heterocycles. The Morgan fingerprint density at radius 2 is 1.09 bits per heavy atom. The van der Waals surface area contributed by atoms with Crippen LogP contribution in [0.3, 0.4) is 0 Å². The lowest BCUT2D eigenvalue weighted by molar-refractivity contribution is -0.883. The van der Waals surface area contributed by atoms with Gasteiger partial charge in [-0.2, -0.15) is 0 Å². The van der Waals surface area contributed by atoms with Crippen LogP contribution in [0.25, 0.3) is 0 Å². The van der Waals surface area contributed by atoms with Gasteiger partial charge in [-0.25, -0.2) is 0 Å². The highest BCUT2D eigenvalue weighted by molar-refractivity contribution is 7.53. The van der Waals surface area contributed by atoms with Crippen LogP contribution < -0.4 is 0 Å². The second-order valence-electron chi connectivity index (χ2n) is 10.8. The van der Waals surface area contributed by atoms with E-state index in [-0.39, 0.29) is 5.78 Å². The molecule has 2 unspecified atom stereocenters. The molecular weight excluding hydrogens is 429 g/mol. The van der Waals surface area contributed by atoms with Crippen LogP contribution in [-0.4, -0.2) is 42.9 Å². The van der Waals surface area contributed by atoms with Crippen molar-refractivity contribution in [2.24, 2.45) is 0 Å². The summed E-state index contributed by atoms with van der Waals surface area (Å²) in [5.74, 6) is -0.347. The van der Waals surface area contributed by atoms with Gasteiger partial charge in [0.15, 0.2) is 5.78 Å². The van der Waals surface area contributed by atoms with E-state index < -0.39 is 7.60 Å². The first kappa shape index (κ1) is 32.8. The molecule has 5 heteroatoms. The van der Waals surface area contributed by atoms with Crippen molar-refractivity contribution >= 4 is 7.60 Å². The number of hydrogen-bond acceptors (Lipinski definition) is 2. The molecule has 0 aliphatic heterocycles. The van der Waals surface area contributed by atoms with Crippen LogP contribution in [0.5, 0.6) is 0 Å². The minimum Gasteiger partial charge on any atom is -0.320 e. The molecule has 0 aromatic rings. The number of unbranched alkanes of at least 4 members (excludes halogenated alkanes) is 16. The third kappa shape index (κ3) is 19.8. The molecule has 2 atom stereocenters. The average Bonchev–Trinajstić information content (AvgIpc) is 2.74. The van der Waals surface area contributed by atoms with Gasteiger partial charge in [0.1, 0.15) is 0 Å². The normalized spacial score (nSPS) is 15.2. The summed E-state index contributed by atoms with van der Waals surface area (Å²) in [7, 11) is 2.31. The molecule has 33 heavy (non-hydrogen) atoms. The first-order valence-corrected chi connectivity index (χ1v) is 15.8. The number of nitrogens with zero attached hydrogens (tertiary/aromatic N) is 1. The molecule has 0 heterocycles. The van der Waals surface area contributed by atoms with Crippen LogP contribution in [0.1, 0.15) is 136 Å². The zero-order valence-corrected chi connectivity index (χ0v) is 23.9. The fraction of sp³-hybridized carbons (Fsp3) is 0.929. The minimum atomic E-state index is -3.55. The van der Waals surface area contributed by atoms with Crippen molar-refractivity contribution in [3.63, 3.8) is 0 Å². The molecule has 0 amide bonds. The van der Waals surface area contributed by atoms with E-state index in [2.05, 4.69) is 19.1 Å². The molecule has 0 aliphatic rings. The summed E-state index contributed by atoms with van der Waals surface area (Å²) in [6.07, 6.45) is 28.9. The van der Waals surface area contributed by atoms with Crippen LogP contribution in [0, 0.1) is 0 Å². The van der Waals surface area contributed by atoms with Gasteiger partial charge in [0, 0.05) is 6.42 Å². The van der Waals surface area contributed by atoms with E-state index in [0.29, 0.717) is 17.5 Å². The van der Waals surface area contributed by atoms with E-state index in [1.165, 1.54) is 103 Å². The molecule has 0 fully saturated rings. The second-order valence-corrected chi connectivity index (χ2v) is 12.7. The summed E-state index contributed by atoms with van der Waals surface area (Å²) >= 11 is 0. The zero-order valence-electron chi connectivity index (χ0n) is 23.0. The Labute approximate surface area is 207 Å². The van der Waals surface area contributed by atoms with Crippen molar-refractivity contribution in [2.75, 3.05) is 27.7 Å². The summed E-state index contributed by atoms with van der Waals surface area (Å²) in [5, 5.41) is 0. The predicted molar refractivity (Wildman–Crippen MR) is 146 cm³/mol. The highest BCUT2D eigenvalue weighted by Crippen LogP contribution is 2.51. The van der Waals surface area contributed by atoms with Crippen molar-refractivity contribution in [3.05, 3.63) is 12.2 Å². The predicted octanol–water partition coefficient (Wildman–Crippen LogP) is 9.23. The fourth-order valence-corrected chi connectivity index (χ4v) is 6.45. The monoisotopic (exact) mass is 488 g/mol. The Bertz CT molecular complexity index is 502. The first-order chi connectivity index (χ1) is 15.8. The lowest BCUT2D eigenvalue weighted by atomic mass is 10.0. The highest BCUT2D eigenvalue weighted by atomic mass is 31.2. The van der Waals surface area contributed by atoms with E-state index in [9.17, 15) is 9.46 Å². The maximum Gasteiger partial charge on any atom is 0.385 e. The van der Waals surface area contributed by atoms with E-state index in [4.69, 9.17) is 4.52 Å². The number of quaternary nitrogens is 1. The van der Waals surface area contributed by atoms with Crippen molar-refractivity contribution < 1.29 is 18.5 Å². The van der Waals surface area contributed by atoms with Gasteiger partial charge in [-0.15, -0.1) is 0 Å². The van der Waals surface area contributed by atoms with Gasteiger partial charge in [0.05, 0.1) is 27.7 Å². The molecular formula is C28H59NO3P+. The van der Waals surface area contributed by atoms with Crippen LogP contribution >= 0.6 is 7.60 Å². The third-order valence-corrected chi connectivity index (χ3v) is 8.93. The first-order valence-electron chi connectivity index (χ1n) is 14.2. The minimum absolute atomic E-state index is 0.347. The topological polar surface area (TPSA) is 46.5 Å². The molecule has 0 rings (SSSR count). The van der Waals surface area contributed by atoms with Crippen molar-refractivity contribution in [3.8, 4) is 0 Å². The van der Waals surface area contributed by atoms with E-state index in [1.807, 2.05) is 28.1 Å². The van der Waals surface area contributed by atoms with Gasteiger partial charge in [-0.05, 0) is 32.1 Å². The number of allylic oxidation sites excluding steroid dienone is 2. The molecule has 1 N–H and O–H groups in total. The van der Waals surface area contributed by atoms with Gasteiger partial charge in [-0.1, -0.05) is 109 Å². The van der Waals surface area contributed by atoms with Crippen molar-refractivity contribution in [1.82, 2.24) is 0 Å². The molecule has 0 aliphatic carbocycles. The lowest BCUT2D eigenvalue weighted by Crippen LogP contribution is -2.44. The Kier molecular flexibility index (Phi) is 21.1. The third-order valence-electron chi connectivity index (χ3n) is 6.57. The Morgan fingerprint density at radius 3 is 1.48 bits per heavy atom. The summed E-state index contributed by atoms with van der Waals surface area (Å²) in [5.41, 5.74) is 0. The summed E-state index contributed by atoms with van der Waals surface area (Å²) in [4.78, 5) is 10.3. The van der Waals surface area contributed by atoms with Crippen molar-refractivity contribution in [1.29, 1.82) is 0 Å². The maximum absolute atomic E-state index is 12.5. The lowest BCUT2D eigenvalue weighted by Gasteiger charge is -2.35. The summed E-state index contributed by atoms with van der Waals surface area (Å²) in [6, 6.07) is 0. The largest absolute Gasteiger partial charge is 0.385 e. The Morgan fingerprint density at radius 1 is 0.697 bits per heavy atom. The van der Waals surface area contributed by atoms with Crippen molar-refractivity contribution in [2.45, 2.75) is 142 Å². The Hall–Kier alpha value is -0.150. The quantitative estimate of drug-likeness (QED) is 0.0637. The van der Waals surface area contributed by atoms with Gasteiger partial charge in [-0.3, -0.25) is 4.57 Å². The highest BCUT2D eigenvalue weighted by Gasteiger charge is 2.41. The van der Waals surface area contributed by atoms with Crippen LogP contribution in [-0.2, 0) is 9.09 Å². The van der Waals surface area contributed by atoms with E-state index in [0.717, 1.165) is 12.8 Å². The Balaban J connectivity index is 3.40. The van der Waals surface area contributed by atoms with Crippen LogP contribution in [0.4, 0.5) is 0 Å². The summed E-state index contributed by atoms with van der Waals surface area (Å²) < 4.78 is 18.4. The number of rotatable bonds is 24. The molecule has 198 valence electrons. The summed E-state index contributed by atoms with van der Waals surface area (Å²) in [6.45, 7) is 4.62. The molecule has 0 aromatic heterocycles. The fourth-order valence-electron chi connectivity index (χ4n) is 4.55. The van der Waals surface area contributed by atoms with E-state index >= 15 is 0 Å². The number of hydrogen-bond donors (Lipinski definition) is 1. The maximum atomic E-state index is 12.5.